The number of nitrogens with one attached hydrogen (secondary N) is 1. The van der Waals surface area contributed by atoms with Gasteiger partial charge < -0.3 is 10.1 Å². The van der Waals surface area contributed by atoms with Crippen LogP contribution >= 0.6 is 0 Å². The highest BCUT2D eigenvalue weighted by Gasteiger charge is 2.52. The summed E-state index contributed by atoms with van der Waals surface area (Å²) in [7, 11) is 0. The first-order valence-corrected chi connectivity index (χ1v) is 4.71. The van der Waals surface area contributed by atoms with E-state index in [1.165, 1.54) is 0 Å². The van der Waals surface area contributed by atoms with Gasteiger partial charge in [-0.1, -0.05) is 6.92 Å². The highest BCUT2D eigenvalue weighted by Crippen LogP contribution is 2.44. The molecule has 1 fully saturated rings. The number of rotatable bonds is 0. The molecular formula is C10H15NO2. The number of ether oxygens (including phenoxy) is 1. The lowest BCUT2D eigenvalue weighted by atomic mass is 9.70. The Bertz CT molecular complexity index is 287. The lowest BCUT2D eigenvalue weighted by Crippen LogP contribution is -2.58. The van der Waals surface area contributed by atoms with Gasteiger partial charge >= 0.3 is 0 Å². The molecule has 0 aromatic heterocycles. The molecule has 1 amide bonds. The van der Waals surface area contributed by atoms with Crippen molar-refractivity contribution < 1.29 is 9.53 Å². The first-order chi connectivity index (χ1) is 6.03. The largest absolute Gasteiger partial charge is 0.480 e. The molecule has 0 saturated heterocycles. The van der Waals surface area contributed by atoms with Gasteiger partial charge in [0.1, 0.15) is 5.76 Å². The minimum absolute atomic E-state index is 0.0358. The maximum absolute atomic E-state index is 11.6. The Morgan fingerprint density at radius 3 is 2.62 bits per heavy atom. The van der Waals surface area contributed by atoms with Crippen molar-refractivity contribution >= 4 is 5.91 Å². The van der Waals surface area contributed by atoms with Crippen LogP contribution in [0.4, 0.5) is 0 Å². The van der Waals surface area contributed by atoms with E-state index in [1.807, 2.05) is 13.8 Å². The van der Waals surface area contributed by atoms with Crippen LogP contribution in [0.5, 0.6) is 0 Å². The molecule has 2 rings (SSSR count). The maximum atomic E-state index is 11.6. The molecule has 0 unspecified atom stereocenters. The normalized spacial score (nSPS) is 38.4. The molecule has 3 nitrogen and oxygen atoms in total. The van der Waals surface area contributed by atoms with Crippen LogP contribution in [-0.4, -0.2) is 11.5 Å². The summed E-state index contributed by atoms with van der Waals surface area (Å²) in [5.41, 5.74) is 0.318. The lowest BCUT2D eigenvalue weighted by molar-refractivity contribution is -0.161. The zero-order valence-electron chi connectivity index (χ0n) is 8.31. The second-order valence-corrected chi connectivity index (χ2v) is 4.25. The predicted molar refractivity (Wildman–Crippen MR) is 48.7 cm³/mol. The monoisotopic (exact) mass is 181 g/mol. The summed E-state index contributed by atoms with van der Waals surface area (Å²) in [6.07, 6.45) is 1.70. The highest BCUT2D eigenvalue weighted by molar-refractivity contribution is 5.88. The third kappa shape index (κ3) is 1.14. The Morgan fingerprint density at radius 2 is 2.08 bits per heavy atom. The number of carbonyl (C=O) groups is 1. The van der Waals surface area contributed by atoms with E-state index in [0.717, 1.165) is 24.3 Å². The molecule has 1 saturated carbocycles. The molecule has 0 bridgehead atoms. The summed E-state index contributed by atoms with van der Waals surface area (Å²) in [6.45, 7) is 5.91. The lowest BCUT2D eigenvalue weighted by Gasteiger charge is -2.47. The Morgan fingerprint density at radius 1 is 1.46 bits per heavy atom. The molecule has 0 aromatic rings. The second-order valence-electron chi connectivity index (χ2n) is 4.25. The summed E-state index contributed by atoms with van der Waals surface area (Å²) >= 11 is 0. The minimum atomic E-state index is -0.525. The molecular weight excluding hydrogens is 166 g/mol. The SMILES string of the molecule is CC1=C(C)OC2(CC(C)C2)C(=O)N1. The third-order valence-electron chi connectivity index (χ3n) is 2.95. The summed E-state index contributed by atoms with van der Waals surface area (Å²) in [4.78, 5) is 11.6. The second kappa shape index (κ2) is 2.50. The molecule has 1 aliphatic heterocycles. The van der Waals surface area contributed by atoms with Gasteiger partial charge in [-0.2, -0.15) is 0 Å². The van der Waals surface area contributed by atoms with Crippen LogP contribution in [-0.2, 0) is 9.53 Å². The van der Waals surface area contributed by atoms with Crippen LogP contribution in [0.2, 0.25) is 0 Å². The average Bonchev–Trinajstić information content (AvgIpc) is 1.98. The number of hydrogen-bond acceptors (Lipinski definition) is 2. The van der Waals surface area contributed by atoms with Crippen molar-refractivity contribution in [2.75, 3.05) is 0 Å². The molecule has 3 heteroatoms. The van der Waals surface area contributed by atoms with Crippen LogP contribution in [0, 0.1) is 5.92 Å². The van der Waals surface area contributed by atoms with Gasteiger partial charge in [0, 0.05) is 0 Å². The Labute approximate surface area is 78.1 Å². The van der Waals surface area contributed by atoms with Crippen molar-refractivity contribution in [1.82, 2.24) is 5.32 Å². The Balaban J connectivity index is 2.21. The Hall–Kier alpha value is -0.990. The maximum Gasteiger partial charge on any atom is 0.268 e. The van der Waals surface area contributed by atoms with Gasteiger partial charge in [-0.15, -0.1) is 0 Å². The van der Waals surface area contributed by atoms with E-state index in [2.05, 4.69) is 12.2 Å². The van der Waals surface area contributed by atoms with E-state index in [1.54, 1.807) is 0 Å². The van der Waals surface area contributed by atoms with Crippen molar-refractivity contribution in [1.29, 1.82) is 0 Å². The third-order valence-corrected chi connectivity index (χ3v) is 2.95. The van der Waals surface area contributed by atoms with E-state index in [-0.39, 0.29) is 5.91 Å². The zero-order chi connectivity index (χ0) is 9.64. The first kappa shape index (κ1) is 8.60. The number of allylic oxidation sites excluding steroid dienone is 2. The predicted octanol–water partition coefficient (Wildman–Crippen LogP) is 1.55. The summed E-state index contributed by atoms with van der Waals surface area (Å²) in [6, 6.07) is 0. The molecule has 1 spiro atoms. The van der Waals surface area contributed by atoms with E-state index < -0.39 is 5.60 Å². The highest BCUT2D eigenvalue weighted by atomic mass is 16.5. The van der Waals surface area contributed by atoms with Gasteiger partial charge in [-0.25, -0.2) is 0 Å². The van der Waals surface area contributed by atoms with Gasteiger partial charge in [0.25, 0.3) is 5.91 Å². The zero-order valence-corrected chi connectivity index (χ0v) is 8.31. The van der Waals surface area contributed by atoms with Gasteiger partial charge in [0.2, 0.25) is 0 Å². The topological polar surface area (TPSA) is 38.3 Å². The molecule has 0 aromatic carbocycles. The van der Waals surface area contributed by atoms with Crippen molar-refractivity contribution in [3.63, 3.8) is 0 Å². The molecule has 13 heavy (non-hydrogen) atoms. The minimum Gasteiger partial charge on any atom is -0.480 e. The van der Waals surface area contributed by atoms with E-state index in [9.17, 15) is 4.79 Å². The van der Waals surface area contributed by atoms with Crippen molar-refractivity contribution in [2.45, 2.75) is 39.2 Å². The van der Waals surface area contributed by atoms with E-state index in [0.29, 0.717) is 5.92 Å². The van der Waals surface area contributed by atoms with Crippen molar-refractivity contribution in [2.24, 2.45) is 5.92 Å². The van der Waals surface area contributed by atoms with Crippen LogP contribution in [0.15, 0.2) is 11.5 Å². The van der Waals surface area contributed by atoms with E-state index >= 15 is 0 Å². The smallest absolute Gasteiger partial charge is 0.268 e. The van der Waals surface area contributed by atoms with Gasteiger partial charge in [0.15, 0.2) is 5.60 Å². The average molecular weight is 181 g/mol. The molecule has 1 N–H and O–H groups in total. The molecule has 72 valence electrons. The van der Waals surface area contributed by atoms with Crippen LogP contribution in [0.1, 0.15) is 33.6 Å². The summed E-state index contributed by atoms with van der Waals surface area (Å²) < 4.78 is 5.67. The molecule has 1 aliphatic carbocycles. The fourth-order valence-corrected chi connectivity index (χ4v) is 2.12. The fraction of sp³-hybridized carbons (Fsp3) is 0.700. The number of carbonyl (C=O) groups excluding carboxylic acids is 1. The standard InChI is InChI=1S/C10H15NO2/c1-6-4-10(5-6)9(12)11-7(2)8(3)13-10/h6H,4-5H2,1-3H3,(H,11,12). The molecule has 0 atom stereocenters. The molecule has 0 radical (unpaired) electrons. The van der Waals surface area contributed by atoms with Gasteiger partial charge in [0.05, 0.1) is 5.70 Å². The molecule has 1 heterocycles. The van der Waals surface area contributed by atoms with Gasteiger partial charge in [-0.3, -0.25) is 4.79 Å². The number of hydrogen-bond donors (Lipinski definition) is 1. The van der Waals surface area contributed by atoms with Crippen LogP contribution < -0.4 is 5.32 Å². The Kier molecular flexibility index (Phi) is 1.65. The van der Waals surface area contributed by atoms with Crippen molar-refractivity contribution in [3.05, 3.63) is 11.5 Å². The fourth-order valence-electron chi connectivity index (χ4n) is 2.12. The summed E-state index contributed by atoms with van der Waals surface area (Å²) in [5.74, 6) is 1.50. The first-order valence-electron chi connectivity index (χ1n) is 4.71. The van der Waals surface area contributed by atoms with Crippen LogP contribution in [0.25, 0.3) is 0 Å². The number of amides is 1. The quantitative estimate of drug-likeness (QED) is 0.615. The van der Waals surface area contributed by atoms with E-state index in [4.69, 9.17) is 4.74 Å². The van der Waals surface area contributed by atoms with Crippen molar-refractivity contribution in [3.8, 4) is 0 Å². The summed E-state index contributed by atoms with van der Waals surface area (Å²) in [5, 5.41) is 2.86. The van der Waals surface area contributed by atoms with Crippen LogP contribution in [0.3, 0.4) is 0 Å². The molecule has 2 aliphatic rings. The van der Waals surface area contributed by atoms with Gasteiger partial charge in [-0.05, 0) is 32.6 Å².